The third-order valence-corrected chi connectivity index (χ3v) is 9.59. The Kier molecular flexibility index (Phi) is 29.2. The van der Waals surface area contributed by atoms with Crippen molar-refractivity contribution in [2.45, 2.75) is 109 Å². The molecule has 2 heterocycles. The molecule has 308 valence electrons. The molecule has 14 heteroatoms. The van der Waals surface area contributed by atoms with E-state index >= 15 is 0 Å². The van der Waals surface area contributed by atoms with Gasteiger partial charge in [-0.1, -0.05) is 0 Å². The van der Waals surface area contributed by atoms with E-state index < -0.39 is 0 Å². The Morgan fingerprint density at radius 2 is 0.868 bits per heavy atom. The van der Waals surface area contributed by atoms with E-state index in [0.717, 1.165) is 51.9 Å². The van der Waals surface area contributed by atoms with Crippen LogP contribution in [0.1, 0.15) is 109 Å². The quantitative estimate of drug-likeness (QED) is 0.0493. The summed E-state index contributed by atoms with van der Waals surface area (Å²) in [7, 11) is 0. The van der Waals surface area contributed by atoms with Gasteiger partial charge in [0.05, 0.1) is 52.1 Å². The zero-order valence-corrected chi connectivity index (χ0v) is 32.8. The van der Waals surface area contributed by atoms with Gasteiger partial charge in [0.15, 0.2) is 0 Å². The lowest BCUT2D eigenvalue weighted by atomic mass is 10.2. The summed E-state index contributed by atoms with van der Waals surface area (Å²) in [5.74, 6) is -1.03. The van der Waals surface area contributed by atoms with Gasteiger partial charge in [-0.3, -0.25) is 19.2 Å². The van der Waals surface area contributed by atoms with Crippen LogP contribution in [0.4, 0.5) is 0 Å². The Labute approximate surface area is 319 Å². The van der Waals surface area contributed by atoms with Crippen molar-refractivity contribution in [2.75, 3.05) is 118 Å². The molecule has 2 rings (SSSR count). The lowest BCUT2D eigenvalue weighted by Crippen LogP contribution is -2.30. The lowest BCUT2D eigenvalue weighted by Gasteiger charge is -2.21. The number of nitrogens with one attached hydrogen (secondary N) is 2. The van der Waals surface area contributed by atoms with Crippen LogP contribution in [-0.2, 0) is 38.1 Å². The summed E-state index contributed by atoms with van der Waals surface area (Å²) >= 11 is 0. The van der Waals surface area contributed by atoms with E-state index in [1.165, 1.54) is 51.9 Å². The highest BCUT2D eigenvalue weighted by Crippen LogP contribution is 2.08. The van der Waals surface area contributed by atoms with E-state index in [4.69, 9.17) is 24.1 Å². The maximum atomic E-state index is 12.4. The number of carbonyl (C=O) groups excluding carboxylic acids is 4. The summed E-state index contributed by atoms with van der Waals surface area (Å²) in [6.45, 7) is 13.1. The predicted molar refractivity (Wildman–Crippen MR) is 204 cm³/mol. The van der Waals surface area contributed by atoms with Gasteiger partial charge >= 0.3 is 23.9 Å². The number of hydrogen-bond acceptors (Lipinski definition) is 14. The molecule has 0 bridgehead atoms. The van der Waals surface area contributed by atoms with Crippen molar-refractivity contribution in [3.8, 4) is 0 Å². The molecular weight excluding hydrogens is 682 g/mol. The highest BCUT2D eigenvalue weighted by Gasteiger charge is 2.14. The Hall–Kier alpha value is -2.36. The fraction of sp³-hybridized carbons (Fsp3) is 0.897. The standard InChI is InChI=1S/C39H73N5O9/c45-31-7-1-2-22-44(29-16-38(48)52-34-10-8-32-50-36(46)14-20-40-18-12-27-42-23-3-4-24-42)30-17-39(49)53-35-11-9-33-51-37(47)15-21-41-19-13-28-43-25-5-6-26-43/h40-41,45H,1-35H2. The maximum Gasteiger partial charge on any atom is 0.307 e. The first-order valence-corrected chi connectivity index (χ1v) is 20.8. The van der Waals surface area contributed by atoms with E-state index in [0.29, 0.717) is 90.9 Å². The zero-order chi connectivity index (χ0) is 38.0. The van der Waals surface area contributed by atoms with Gasteiger partial charge in [-0.05, 0) is 142 Å². The zero-order valence-electron chi connectivity index (χ0n) is 32.8. The molecule has 0 unspecified atom stereocenters. The van der Waals surface area contributed by atoms with Crippen molar-refractivity contribution in [1.82, 2.24) is 25.3 Å². The van der Waals surface area contributed by atoms with Gasteiger partial charge in [0.1, 0.15) is 0 Å². The van der Waals surface area contributed by atoms with E-state index in [2.05, 4.69) is 25.3 Å². The van der Waals surface area contributed by atoms with Crippen molar-refractivity contribution in [3.05, 3.63) is 0 Å². The van der Waals surface area contributed by atoms with E-state index in [-0.39, 0.29) is 56.5 Å². The maximum absolute atomic E-state index is 12.4. The number of rotatable bonds is 35. The molecule has 0 spiro atoms. The third-order valence-electron chi connectivity index (χ3n) is 9.59. The molecule has 0 aliphatic carbocycles. The van der Waals surface area contributed by atoms with Crippen LogP contribution in [0.2, 0.25) is 0 Å². The van der Waals surface area contributed by atoms with Crippen molar-refractivity contribution in [3.63, 3.8) is 0 Å². The number of aliphatic hydroxyl groups is 1. The smallest absolute Gasteiger partial charge is 0.307 e. The lowest BCUT2D eigenvalue weighted by molar-refractivity contribution is -0.147. The van der Waals surface area contributed by atoms with Gasteiger partial charge in [0.25, 0.3) is 0 Å². The van der Waals surface area contributed by atoms with E-state index in [1.54, 1.807) is 0 Å². The minimum absolute atomic E-state index is 0.142. The van der Waals surface area contributed by atoms with Gasteiger partial charge in [-0.25, -0.2) is 0 Å². The normalized spacial score (nSPS) is 14.9. The predicted octanol–water partition coefficient (Wildman–Crippen LogP) is 2.90. The number of ether oxygens (including phenoxy) is 4. The minimum Gasteiger partial charge on any atom is -0.466 e. The van der Waals surface area contributed by atoms with E-state index in [9.17, 15) is 19.2 Å². The second-order valence-corrected chi connectivity index (χ2v) is 14.2. The molecule has 2 aliphatic heterocycles. The average molecular weight is 756 g/mol. The van der Waals surface area contributed by atoms with Gasteiger partial charge < -0.3 is 49.4 Å². The number of unbranched alkanes of at least 4 members (excludes halogenated alkanes) is 4. The van der Waals surface area contributed by atoms with Crippen molar-refractivity contribution in [2.24, 2.45) is 0 Å². The van der Waals surface area contributed by atoms with Crippen LogP contribution in [-0.4, -0.2) is 162 Å². The second kappa shape index (κ2) is 33.0. The first-order chi connectivity index (χ1) is 26.0. The Morgan fingerprint density at radius 3 is 1.26 bits per heavy atom. The van der Waals surface area contributed by atoms with Gasteiger partial charge in [0.2, 0.25) is 0 Å². The Balaban J connectivity index is 1.43. The molecule has 0 aromatic carbocycles. The fourth-order valence-electron chi connectivity index (χ4n) is 6.40. The molecule has 0 aromatic heterocycles. The molecular formula is C39H73N5O9. The molecule has 0 atom stereocenters. The number of likely N-dealkylation sites (tertiary alicyclic amines) is 2. The van der Waals surface area contributed by atoms with Crippen LogP contribution in [0, 0.1) is 0 Å². The van der Waals surface area contributed by atoms with Crippen molar-refractivity contribution in [1.29, 1.82) is 0 Å². The largest absolute Gasteiger partial charge is 0.466 e. The average Bonchev–Trinajstić information content (AvgIpc) is 3.88. The highest BCUT2D eigenvalue weighted by molar-refractivity contribution is 5.70. The summed E-state index contributed by atoms with van der Waals surface area (Å²) in [5.41, 5.74) is 0. The molecule has 0 saturated carbocycles. The van der Waals surface area contributed by atoms with Crippen molar-refractivity contribution < 1.29 is 43.2 Å². The number of aliphatic hydroxyl groups excluding tert-OH is 1. The van der Waals surface area contributed by atoms with Crippen LogP contribution in [0.15, 0.2) is 0 Å². The summed E-state index contributed by atoms with van der Waals surface area (Å²) < 4.78 is 21.3. The monoisotopic (exact) mass is 756 g/mol. The molecule has 2 saturated heterocycles. The van der Waals surface area contributed by atoms with Crippen molar-refractivity contribution >= 4 is 23.9 Å². The van der Waals surface area contributed by atoms with Crippen LogP contribution in [0.5, 0.6) is 0 Å². The SMILES string of the molecule is O=C(CCNCCCN1CCCC1)OCCCCOC(=O)CCN(CCCCCO)CCC(=O)OCCCCOC(=O)CCNCCCN1CCCC1. The third kappa shape index (κ3) is 27.8. The van der Waals surface area contributed by atoms with Gasteiger partial charge in [-0.2, -0.15) is 0 Å². The molecule has 53 heavy (non-hydrogen) atoms. The molecule has 2 aliphatic rings. The second-order valence-electron chi connectivity index (χ2n) is 14.2. The Morgan fingerprint density at radius 1 is 0.472 bits per heavy atom. The fourth-order valence-corrected chi connectivity index (χ4v) is 6.40. The van der Waals surface area contributed by atoms with Gasteiger partial charge in [0, 0.05) is 32.8 Å². The highest BCUT2D eigenvalue weighted by atomic mass is 16.5. The number of hydrogen-bond donors (Lipinski definition) is 3. The van der Waals surface area contributed by atoms with Gasteiger partial charge in [-0.15, -0.1) is 0 Å². The summed E-state index contributed by atoms with van der Waals surface area (Å²) in [6.07, 6.45) is 13.4. The van der Waals surface area contributed by atoms with Crippen LogP contribution < -0.4 is 10.6 Å². The Bertz CT molecular complexity index is 880. The van der Waals surface area contributed by atoms with E-state index in [1.807, 2.05) is 0 Å². The first-order valence-electron chi connectivity index (χ1n) is 20.8. The molecule has 2 fully saturated rings. The number of nitrogens with zero attached hydrogens (tertiary/aromatic N) is 3. The summed E-state index contributed by atoms with van der Waals surface area (Å²) in [5, 5.41) is 15.7. The molecule has 0 aromatic rings. The molecule has 0 amide bonds. The first kappa shape index (κ1) is 46.8. The molecule has 3 N–H and O–H groups in total. The molecule has 0 radical (unpaired) electrons. The van der Waals surface area contributed by atoms with Crippen LogP contribution in [0.25, 0.3) is 0 Å². The topological polar surface area (TPSA) is 159 Å². The number of carbonyl (C=O) groups is 4. The summed E-state index contributed by atoms with van der Waals surface area (Å²) in [6, 6.07) is 0. The number of esters is 4. The summed E-state index contributed by atoms with van der Waals surface area (Å²) in [4.78, 5) is 55.7. The molecule has 14 nitrogen and oxygen atoms in total. The van der Waals surface area contributed by atoms with Crippen LogP contribution in [0.3, 0.4) is 0 Å². The minimum atomic E-state index is -0.300. The van der Waals surface area contributed by atoms with Crippen LogP contribution >= 0.6 is 0 Å².